The van der Waals surface area contributed by atoms with E-state index in [1.165, 1.54) is 5.56 Å². The molecule has 4 nitrogen and oxygen atoms in total. The highest BCUT2D eigenvalue weighted by Crippen LogP contribution is 2.24. The number of hydrogen-bond acceptors (Lipinski definition) is 3. The second kappa shape index (κ2) is 7.40. The molecule has 2 aromatic rings. The predicted octanol–water partition coefficient (Wildman–Crippen LogP) is 4.43. The SMILES string of the molecule is CC(C)c1ccc(Oc2ccc(C(=O)C=CC(=O)O)cc2)cc1. The summed E-state index contributed by atoms with van der Waals surface area (Å²) >= 11 is 0. The summed E-state index contributed by atoms with van der Waals surface area (Å²) in [5.41, 5.74) is 1.65. The standard InChI is InChI=1S/C19H18O4/c1-13(2)14-3-7-16(8-4-14)23-17-9-5-15(6-10-17)18(20)11-12-19(21)22/h3-13H,1-2H3,(H,21,22). The van der Waals surface area contributed by atoms with Gasteiger partial charge >= 0.3 is 5.97 Å². The number of ether oxygens (including phenoxy) is 1. The molecule has 118 valence electrons. The first-order chi connectivity index (χ1) is 11.0. The summed E-state index contributed by atoms with van der Waals surface area (Å²) in [5, 5.41) is 8.51. The molecular formula is C19H18O4. The molecule has 2 rings (SSSR count). The van der Waals surface area contributed by atoms with E-state index in [4.69, 9.17) is 9.84 Å². The molecule has 0 radical (unpaired) electrons. The van der Waals surface area contributed by atoms with Gasteiger partial charge in [0, 0.05) is 11.6 Å². The van der Waals surface area contributed by atoms with Crippen LogP contribution in [0.4, 0.5) is 0 Å². The molecular weight excluding hydrogens is 292 g/mol. The normalized spacial score (nSPS) is 10.9. The van der Waals surface area contributed by atoms with Gasteiger partial charge in [-0.3, -0.25) is 4.79 Å². The summed E-state index contributed by atoms with van der Waals surface area (Å²) in [6.07, 6.45) is 1.85. The van der Waals surface area contributed by atoms with Gasteiger partial charge in [0.25, 0.3) is 0 Å². The molecule has 0 aliphatic heterocycles. The molecule has 0 aliphatic carbocycles. The average Bonchev–Trinajstić information content (AvgIpc) is 2.54. The number of carbonyl (C=O) groups is 2. The highest BCUT2D eigenvalue weighted by molar-refractivity contribution is 6.06. The summed E-state index contributed by atoms with van der Waals surface area (Å²) in [6.45, 7) is 4.26. The van der Waals surface area contributed by atoms with Gasteiger partial charge < -0.3 is 9.84 Å². The third-order valence-corrected chi connectivity index (χ3v) is 3.30. The van der Waals surface area contributed by atoms with Crippen LogP contribution in [0.15, 0.2) is 60.7 Å². The van der Waals surface area contributed by atoms with Crippen molar-refractivity contribution in [3.8, 4) is 11.5 Å². The number of carboxylic acid groups (broad SMARTS) is 1. The molecule has 0 spiro atoms. The Labute approximate surface area is 135 Å². The minimum absolute atomic E-state index is 0.361. The van der Waals surface area contributed by atoms with Crippen molar-refractivity contribution < 1.29 is 19.4 Å². The van der Waals surface area contributed by atoms with Crippen molar-refractivity contribution in [2.45, 2.75) is 19.8 Å². The zero-order valence-electron chi connectivity index (χ0n) is 13.0. The van der Waals surface area contributed by atoms with E-state index in [-0.39, 0.29) is 5.78 Å². The Morgan fingerprint density at radius 2 is 1.43 bits per heavy atom. The maximum atomic E-state index is 11.7. The van der Waals surface area contributed by atoms with E-state index in [2.05, 4.69) is 13.8 Å². The number of aliphatic carboxylic acids is 1. The number of benzene rings is 2. The van der Waals surface area contributed by atoms with Gasteiger partial charge in [-0.05, 0) is 54.0 Å². The van der Waals surface area contributed by atoms with Crippen LogP contribution in [0.25, 0.3) is 0 Å². The second-order valence-corrected chi connectivity index (χ2v) is 5.39. The Balaban J connectivity index is 2.05. The minimum Gasteiger partial charge on any atom is -0.478 e. The molecule has 0 heterocycles. The summed E-state index contributed by atoms with van der Waals surface area (Å²) in [7, 11) is 0. The van der Waals surface area contributed by atoms with Crippen LogP contribution < -0.4 is 4.74 Å². The molecule has 0 fully saturated rings. The average molecular weight is 310 g/mol. The lowest BCUT2D eigenvalue weighted by Crippen LogP contribution is -1.96. The molecule has 2 aromatic carbocycles. The Morgan fingerprint density at radius 3 is 1.91 bits per heavy atom. The Hall–Kier alpha value is -2.88. The first kappa shape index (κ1) is 16.5. The fraction of sp³-hybridized carbons (Fsp3) is 0.158. The number of rotatable bonds is 6. The fourth-order valence-electron chi connectivity index (χ4n) is 1.99. The van der Waals surface area contributed by atoms with E-state index in [1.54, 1.807) is 24.3 Å². The van der Waals surface area contributed by atoms with Crippen molar-refractivity contribution in [1.82, 2.24) is 0 Å². The highest BCUT2D eigenvalue weighted by Gasteiger charge is 2.04. The summed E-state index contributed by atoms with van der Waals surface area (Å²) in [6, 6.07) is 14.4. The van der Waals surface area contributed by atoms with Crippen molar-refractivity contribution >= 4 is 11.8 Å². The number of ketones is 1. The van der Waals surface area contributed by atoms with E-state index in [0.29, 0.717) is 17.2 Å². The van der Waals surface area contributed by atoms with Crippen LogP contribution >= 0.6 is 0 Å². The molecule has 1 N–H and O–H groups in total. The Kier molecular flexibility index (Phi) is 5.31. The van der Waals surface area contributed by atoms with Gasteiger partial charge in [-0.25, -0.2) is 4.79 Å². The lowest BCUT2D eigenvalue weighted by atomic mass is 10.0. The number of allylic oxidation sites excluding steroid dienone is 1. The van der Waals surface area contributed by atoms with E-state index in [1.807, 2.05) is 24.3 Å². The molecule has 0 saturated carbocycles. The van der Waals surface area contributed by atoms with Crippen LogP contribution in [0.5, 0.6) is 11.5 Å². The van der Waals surface area contributed by atoms with Crippen LogP contribution in [-0.2, 0) is 4.79 Å². The molecule has 0 bridgehead atoms. The van der Waals surface area contributed by atoms with Crippen molar-refractivity contribution in [2.75, 3.05) is 0 Å². The van der Waals surface area contributed by atoms with Gasteiger partial charge in [-0.2, -0.15) is 0 Å². The predicted molar refractivity (Wildman–Crippen MR) is 88.2 cm³/mol. The van der Waals surface area contributed by atoms with Gasteiger partial charge in [0.05, 0.1) is 0 Å². The van der Waals surface area contributed by atoms with Crippen LogP contribution in [0.2, 0.25) is 0 Å². The van der Waals surface area contributed by atoms with Crippen LogP contribution in [0.3, 0.4) is 0 Å². The van der Waals surface area contributed by atoms with Gasteiger partial charge in [-0.1, -0.05) is 26.0 Å². The topological polar surface area (TPSA) is 63.6 Å². The monoisotopic (exact) mass is 310 g/mol. The van der Waals surface area contributed by atoms with Crippen molar-refractivity contribution in [1.29, 1.82) is 0 Å². The van der Waals surface area contributed by atoms with Crippen LogP contribution in [0.1, 0.15) is 35.7 Å². The number of hydrogen-bond donors (Lipinski definition) is 1. The summed E-state index contributed by atoms with van der Waals surface area (Å²) in [4.78, 5) is 22.1. The zero-order chi connectivity index (χ0) is 16.8. The maximum absolute atomic E-state index is 11.7. The van der Waals surface area contributed by atoms with Crippen molar-refractivity contribution in [3.63, 3.8) is 0 Å². The molecule has 23 heavy (non-hydrogen) atoms. The molecule has 0 saturated heterocycles. The van der Waals surface area contributed by atoms with Gasteiger partial charge in [-0.15, -0.1) is 0 Å². The van der Waals surface area contributed by atoms with Gasteiger partial charge in [0.15, 0.2) is 5.78 Å². The quantitative estimate of drug-likeness (QED) is 0.633. The first-order valence-corrected chi connectivity index (χ1v) is 7.29. The fourth-order valence-corrected chi connectivity index (χ4v) is 1.99. The second-order valence-electron chi connectivity index (χ2n) is 5.39. The largest absolute Gasteiger partial charge is 0.478 e. The lowest BCUT2D eigenvalue weighted by molar-refractivity contribution is -0.131. The van der Waals surface area contributed by atoms with Crippen LogP contribution in [-0.4, -0.2) is 16.9 Å². The molecule has 0 aliphatic rings. The van der Waals surface area contributed by atoms with Gasteiger partial charge in [0.2, 0.25) is 0 Å². The number of carboxylic acids is 1. The van der Waals surface area contributed by atoms with E-state index < -0.39 is 5.97 Å². The molecule has 0 atom stereocenters. The smallest absolute Gasteiger partial charge is 0.328 e. The van der Waals surface area contributed by atoms with Crippen molar-refractivity contribution in [3.05, 3.63) is 71.8 Å². The first-order valence-electron chi connectivity index (χ1n) is 7.29. The maximum Gasteiger partial charge on any atom is 0.328 e. The minimum atomic E-state index is -1.15. The highest BCUT2D eigenvalue weighted by atomic mass is 16.5. The third kappa shape index (κ3) is 4.81. The summed E-state index contributed by atoms with van der Waals surface area (Å²) < 4.78 is 5.72. The molecule has 4 heteroatoms. The molecule has 0 aromatic heterocycles. The number of carbonyl (C=O) groups excluding carboxylic acids is 1. The Bertz CT molecular complexity index is 710. The van der Waals surface area contributed by atoms with E-state index >= 15 is 0 Å². The van der Waals surface area contributed by atoms with Gasteiger partial charge in [0.1, 0.15) is 11.5 Å². The molecule has 0 amide bonds. The van der Waals surface area contributed by atoms with Crippen LogP contribution in [0, 0.1) is 0 Å². The zero-order valence-corrected chi connectivity index (χ0v) is 13.0. The van der Waals surface area contributed by atoms with Crippen molar-refractivity contribution in [2.24, 2.45) is 0 Å². The Morgan fingerprint density at radius 1 is 0.913 bits per heavy atom. The van der Waals surface area contributed by atoms with E-state index in [0.717, 1.165) is 17.9 Å². The third-order valence-electron chi connectivity index (χ3n) is 3.30. The summed E-state index contributed by atoms with van der Waals surface area (Å²) in [5.74, 6) is 0.289. The molecule has 0 unspecified atom stereocenters. The lowest BCUT2D eigenvalue weighted by Gasteiger charge is -2.09. The van der Waals surface area contributed by atoms with E-state index in [9.17, 15) is 9.59 Å².